The Morgan fingerprint density at radius 2 is 2.00 bits per heavy atom. The van der Waals surface area contributed by atoms with E-state index < -0.39 is 23.9 Å². The van der Waals surface area contributed by atoms with Crippen molar-refractivity contribution in [1.29, 1.82) is 0 Å². The van der Waals surface area contributed by atoms with Gasteiger partial charge in [0.1, 0.15) is 11.6 Å². The van der Waals surface area contributed by atoms with Crippen molar-refractivity contribution in [3.05, 3.63) is 11.6 Å². The second-order valence-corrected chi connectivity index (χ2v) is 6.78. The Morgan fingerprint density at radius 3 is 2.71 bits per heavy atom. The lowest BCUT2D eigenvalue weighted by Gasteiger charge is -2.34. The lowest BCUT2D eigenvalue weighted by molar-refractivity contribution is -0.198. The predicted octanol–water partition coefficient (Wildman–Crippen LogP) is 2.64. The Morgan fingerprint density at radius 1 is 1.25 bits per heavy atom. The van der Waals surface area contributed by atoms with E-state index in [1.165, 1.54) is 0 Å². The number of rotatable bonds is 3. The van der Waals surface area contributed by atoms with Crippen LogP contribution in [0, 0.1) is 11.8 Å². The summed E-state index contributed by atoms with van der Waals surface area (Å²) in [6, 6.07) is -0.151. The smallest absolute Gasteiger partial charge is 0.351 e. The minimum absolute atomic E-state index is 0.0574. The van der Waals surface area contributed by atoms with E-state index in [1.54, 1.807) is 0 Å². The summed E-state index contributed by atoms with van der Waals surface area (Å²) < 4.78 is 41.5. The third-order valence-corrected chi connectivity index (χ3v) is 5.21. The molecule has 3 rings (SSSR count). The Labute approximate surface area is 139 Å². The second-order valence-electron chi connectivity index (χ2n) is 6.78. The van der Waals surface area contributed by atoms with Gasteiger partial charge in [-0.2, -0.15) is 13.2 Å². The summed E-state index contributed by atoms with van der Waals surface area (Å²) in [6.45, 7) is 2.52. The summed E-state index contributed by atoms with van der Waals surface area (Å²) in [4.78, 5) is 12.5. The quantitative estimate of drug-likeness (QED) is 0.917. The van der Waals surface area contributed by atoms with Gasteiger partial charge in [-0.1, -0.05) is 19.8 Å². The van der Waals surface area contributed by atoms with Crippen molar-refractivity contribution in [2.24, 2.45) is 11.8 Å². The molecule has 5 nitrogen and oxygen atoms in total. The molecule has 0 saturated heterocycles. The van der Waals surface area contributed by atoms with Gasteiger partial charge in [-0.05, 0) is 19.3 Å². The van der Waals surface area contributed by atoms with E-state index in [0.29, 0.717) is 38.6 Å². The molecule has 2 aliphatic rings. The summed E-state index contributed by atoms with van der Waals surface area (Å²) in [5, 5.41) is 11.1. The predicted molar refractivity (Wildman–Crippen MR) is 81.2 cm³/mol. The number of aromatic nitrogens is 3. The van der Waals surface area contributed by atoms with Gasteiger partial charge in [-0.25, -0.2) is 0 Å². The standard InChI is InChI=1S/C16H23F3N4O/c1-2-13-21-22-14-8-7-10(9-23(13)14)20-15(24)11-5-3-4-6-12(11)16(17,18)19/h10-12H,2-9H2,1H3,(H,20,24)/t10-,11-,12+/m1/s1. The van der Waals surface area contributed by atoms with Crippen LogP contribution in [-0.4, -0.2) is 32.9 Å². The van der Waals surface area contributed by atoms with Crippen LogP contribution in [0.5, 0.6) is 0 Å². The molecule has 1 aliphatic carbocycles. The van der Waals surface area contributed by atoms with Crippen LogP contribution in [0.3, 0.4) is 0 Å². The van der Waals surface area contributed by atoms with Crippen LogP contribution < -0.4 is 5.32 Å². The summed E-state index contributed by atoms with van der Waals surface area (Å²) in [5.74, 6) is -1.16. The Kier molecular flexibility index (Phi) is 4.83. The van der Waals surface area contributed by atoms with Gasteiger partial charge in [0.15, 0.2) is 0 Å². The number of hydrogen-bond donors (Lipinski definition) is 1. The summed E-state index contributed by atoms with van der Waals surface area (Å²) >= 11 is 0. The number of alkyl halides is 3. The van der Waals surface area contributed by atoms with Crippen LogP contribution in [0.1, 0.15) is 50.7 Å². The van der Waals surface area contributed by atoms with Crippen LogP contribution >= 0.6 is 0 Å². The molecular formula is C16H23F3N4O. The summed E-state index contributed by atoms with van der Waals surface area (Å²) in [7, 11) is 0. The van der Waals surface area contributed by atoms with Crippen molar-refractivity contribution >= 4 is 5.91 Å². The average Bonchev–Trinajstić information content (AvgIpc) is 2.96. The molecule has 1 aliphatic heterocycles. The van der Waals surface area contributed by atoms with Gasteiger partial charge in [0.25, 0.3) is 0 Å². The van der Waals surface area contributed by atoms with E-state index in [2.05, 4.69) is 15.5 Å². The van der Waals surface area contributed by atoms with Crippen LogP contribution in [0.2, 0.25) is 0 Å². The molecule has 0 unspecified atom stereocenters. The number of carbonyl (C=O) groups excluding carboxylic acids is 1. The van der Waals surface area contributed by atoms with Crippen LogP contribution in [0.4, 0.5) is 13.2 Å². The first-order chi connectivity index (χ1) is 11.4. The number of hydrogen-bond acceptors (Lipinski definition) is 3. The van der Waals surface area contributed by atoms with Gasteiger partial charge in [0, 0.05) is 31.3 Å². The third kappa shape index (κ3) is 3.42. The van der Waals surface area contributed by atoms with E-state index in [9.17, 15) is 18.0 Å². The van der Waals surface area contributed by atoms with Gasteiger partial charge >= 0.3 is 6.18 Å². The number of nitrogens with one attached hydrogen (secondary N) is 1. The molecule has 0 aromatic carbocycles. The minimum atomic E-state index is -4.30. The largest absolute Gasteiger partial charge is 0.392 e. The molecular weight excluding hydrogens is 321 g/mol. The number of carbonyl (C=O) groups is 1. The van der Waals surface area contributed by atoms with E-state index >= 15 is 0 Å². The fraction of sp³-hybridized carbons (Fsp3) is 0.812. The van der Waals surface area contributed by atoms with E-state index in [1.807, 2.05) is 11.5 Å². The minimum Gasteiger partial charge on any atom is -0.351 e. The van der Waals surface area contributed by atoms with Gasteiger partial charge in [0.05, 0.1) is 5.92 Å². The molecule has 1 amide bonds. The van der Waals surface area contributed by atoms with Crippen molar-refractivity contribution < 1.29 is 18.0 Å². The second kappa shape index (κ2) is 6.72. The van der Waals surface area contributed by atoms with Crippen molar-refractivity contribution in [3.63, 3.8) is 0 Å². The summed E-state index contributed by atoms with van der Waals surface area (Å²) in [5.41, 5.74) is 0. The van der Waals surface area contributed by atoms with E-state index in [4.69, 9.17) is 0 Å². The first-order valence-corrected chi connectivity index (χ1v) is 8.68. The first kappa shape index (κ1) is 17.2. The Hall–Kier alpha value is -1.60. The van der Waals surface area contributed by atoms with Gasteiger partial charge in [0.2, 0.25) is 5.91 Å². The van der Waals surface area contributed by atoms with Crippen molar-refractivity contribution in [2.45, 2.75) is 70.6 Å². The molecule has 3 atom stereocenters. The first-order valence-electron chi connectivity index (χ1n) is 8.68. The molecule has 1 fully saturated rings. The molecule has 0 bridgehead atoms. The molecule has 1 aromatic rings. The third-order valence-electron chi connectivity index (χ3n) is 5.21. The lowest BCUT2D eigenvalue weighted by Crippen LogP contribution is -2.48. The molecule has 2 heterocycles. The lowest BCUT2D eigenvalue weighted by atomic mass is 9.78. The Balaban J connectivity index is 1.66. The highest BCUT2D eigenvalue weighted by Gasteiger charge is 2.48. The Bertz CT molecular complexity index is 585. The highest BCUT2D eigenvalue weighted by molar-refractivity contribution is 5.79. The van der Waals surface area contributed by atoms with Crippen molar-refractivity contribution in [1.82, 2.24) is 20.1 Å². The zero-order chi connectivity index (χ0) is 17.3. The molecule has 8 heteroatoms. The van der Waals surface area contributed by atoms with Crippen LogP contribution in [0.15, 0.2) is 0 Å². The van der Waals surface area contributed by atoms with Crippen molar-refractivity contribution in [2.75, 3.05) is 0 Å². The monoisotopic (exact) mass is 344 g/mol. The molecule has 1 aromatic heterocycles. The number of aryl methyl sites for hydroxylation is 2. The maximum absolute atomic E-state index is 13.2. The van der Waals surface area contributed by atoms with E-state index in [-0.39, 0.29) is 12.5 Å². The van der Waals surface area contributed by atoms with Gasteiger partial charge < -0.3 is 9.88 Å². The molecule has 1 saturated carbocycles. The number of nitrogens with zero attached hydrogens (tertiary/aromatic N) is 3. The molecule has 0 radical (unpaired) electrons. The number of amides is 1. The van der Waals surface area contributed by atoms with Gasteiger partial charge in [-0.15, -0.1) is 10.2 Å². The maximum atomic E-state index is 13.2. The van der Waals surface area contributed by atoms with Crippen LogP contribution in [-0.2, 0) is 24.2 Å². The maximum Gasteiger partial charge on any atom is 0.392 e. The SMILES string of the molecule is CCc1nnc2n1C[C@H](NC(=O)[C@@H]1CCCC[C@@H]1C(F)(F)F)CC2. The number of halogens is 3. The summed E-state index contributed by atoms with van der Waals surface area (Å²) in [6.07, 6.45) is -0.574. The molecule has 1 N–H and O–H groups in total. The van der Waals surface area contributed by atoms with E-state index in [0.717, 1.165) is 18.1 Å². The fourth-order valence-electron chi connectivity index (χ4n) is 3.91. The molecule has 134 valence electrons. The topological polar surface area (TPSA) is 59.8 Å². The molecule has 0 spiro atoms. The highest BCUT2D eigenvalue weighted by Crippen LogP contribution is 2.41. The van der Waals surface area contributed by atoms with Crippen LogP contribution in [0.25, 0.3) is 0 Å². The zero-order valence-corrected chi connectivity index (χ0v) is 13.8. The van der Waals surface area contributed by atoms with Gasteiger partial charge in [-0.3, -0.25) is 4.79 Å². The number of fused-ring (bicyclic) bond motifs is 1. The average molecular weight is 344 g/mol. The zero-order valence-electron chi connectivity index (χ0n) is 13.8. The highest BCUT2D eigenvalue weighted by atomic mass is 19.4. The molecule has 24 heavy (non-hydrogen) atoms. The normalized spacial score (nSPS) is 27.6. The van der Waals surface area contributed by atoms with Crippen molar-refractivity contribution in [3.8, 4) is 0 Å². The fourth-order valence-corrected chi connectivity index (χ4v) is 3.91.